The third-order valence-electron chi connectivity index (χ3n) is 5.89. The second kappa shape index (κ2) is 8.31. The number of nitrogens with zero attached hydrogens (tertiary/aromatic N) is 3. The molecule has 2 aliphatic rings. The minimum atomic E-state index is -0.0208. The van der Waals surface area contributed by atoms with Gasteiger partial charge in [-0.1, -0.05) is 12.1 Å². The Morgan fingerprint density at radius 3 is 2.59 bits per heavy atom. The number of amides is 1. The predicted molar refractivity (Wildman–Crippen MR) is 116 cm³/mol. The van der Waals surface area contributed by atoms with Crippen molar-refractivity contribution in [1.82, 2.24) is 10.3 Å². The van der Waals surface area contributed by atoms with Gasteiger partial charge in [0.25, 0.3) is 0 Å². The first-order chi connectivity index (χ1) is 14.0. The molecular weight excluding hydrogens is 364 g/mol. The summed E-state index contributed by atoms with van der Waals surface area (Å²) in [6.45, 7) is 9.80. The Balaban J connectivity index is 1.37. The Bertz CT molecular complexity index is 864. The fourth-order valence-corrected chi connectivity index (χ4v) is 4.16. The fraction of sp³-hybridized carbons (Fsp3) is 0.478. The van der Waals surface area contributed by atoms with Crippen molar-refractivity contribution in [3.05, 3.63) is 47.7 Å². The lowest BCUT2D eigenvalue weighted by molar-refractivity contribution is -0.119. The number of hydrogen-bond donors (Lipinski definition) is 1. The first-order valence-electron chi connectivity index (χ1n) is 10.5. The molecule has 3 heterocycles. The number of pyridine rings is 1. The first-order valence-corrected chi connectivity index (χ1v) is 10.5. The summed E-state index contributed by atoms with van der Waals surface area (Å²) in [4.78, 5) is 20.6. The highest BCUT2D eigenvalue weighted by molar-refractivity contribution is 5.73. The number of carbonyl (C=O) groups excluding carboxylic acids is 1. The van der Waals surface area contributed by atoms with Crippen LogP contribution >= 0.6 is 0 Å². The molecule has 1 aromatic carbocycles. The van der Waals surface area contributed by atoms with Gasteiger partial charge in [-0.15, -0.1) is 0 Å². The summed E-state index contributed by atoms with van der Waals surface area (Å²) in [5, 5.41) is 2.91. The summed E-state index contributed by atoms with van der Waals surface area (Å²) in [5.41, 5.74) is 3.61. The Labute approximate surface area is 172 Å². The van der Waals surface area contributed by atoms with Crippen LogP contribution < -0.4 is 19.9 Å². The zero-order valence-electron chi connectivity index (χ0n) is 17.5. The molecule has 0 radical (unpaired) electrons. The van der Waals surface area contributed by atoms with Gasteiger partial charge in [-0.05, 0) is 44.0 Å². The van der Waals surface area contributed by atoms with E-state index in [-0.39, 0.29) is 18.1 Å². The Hall–Kier alpha value is -2.76. The van der Waals surface area contributed by atoms with Crippen LogP contribution in [0.2, 0.25) is 0 Å². The highest BCUT2D eigenvalue weighted by atomic mass is 16.5. The zero-order chi connectivity index (χ0) is 20.4. The van der Waals surface area contributed by atoms with Crippen molar-refractivity contribution in [1.29, 1.82) is 0 Å². The summed E-state index contributed by atoms with van der Waals surface area (Å²) in [7, 11) is 0. The molecule has 0 saturated carbocycles. The fourth-order valence-electron chi connectivity index (χ4n) is 4.16. The monoisotopic (exact) mass is 394 g/mol. The van der Waals surface area contributed by atoms with E-state index in [0.29, 0.717) is 0 Å². The number of nitrogens with one attached hydrogen (secondary N) is 1. The highest BCUT2D eigenvalue weighted by Crippen LogP contribution is 2.32. The number of carbonyl (C=O) groups is 1. The lowest BCUT2D eigenvalue weighted by atomic mass is 10.1. The molecule has 29 heavy (non-hydrogen) atoms. The number of anilines is 2. The molecule has 1 N–H and O–H groups in total. The van der Waals surface area contributed by atoms with Gasteiger partial charge in [-0.2, -0.15) is 0 Å². The summed E-state index contributed by atoms with van der Waals surface area (Å²) in [5.74, 6) is 1.98. The summed E-state index contributed by atoms with van der Waals surface area (Å²) >= 11 is 0. The van der Waals surface area contributed by atoms with Crippen molar-refractivity contribution in [2.75, 3.05) is 36.0 Å². The average Bonchev–Trinajstić information content (AvgIpc) is 3.10. The van der Waals surface area contributed by atoms with Crippen molar-refractivity contribution < 1.29 is 9.53 Å². The van der Waals surface area contributed by atoms with Gasteiger partial charge in [-0.3, -0.25) is 4.79 Å². The van der Waals surface area contributed by atoms with Gasteiger partial charge >= 0.3 is 0 Å². The molecule has 0 aliphatic carbocycles. The van der Waals surface area contributed by atoms with E-state index >= 15 is 0 Å². The van der Waals surface area contributed by atoms with Crippen LogP contribution in [-0.4, -0.2) is 43.2 Å². The summed E-state index contributed by atoms with van der Waals surface area (Å²) < 4.78 is 6.24. The molecule has 0 bridgehead atoms. The molecule has 2 aromatic rings. The van der Waals surface area contributed by atoms with Crippen LogP contribution in [0.4, 0.5) is 11.5 Å². The smallest absolute Gasteiger partial charge is 0.217 e. The van der Waals surface area contributed by atoms with Crippen LogP contribution in [0.25, 0.3) is 0 Å². The van der Waals surface area contributed by atoms with E-state index < -0.39 is 0 Å². The zero-order valence-corrected chi connectivity index (χ0v) is 17.5. The number of ether oxygens (including phenoxy) is 1. The van der Waals surface area contributed by atoms with Gasteiger partial charge in [0.05, 0.1) is 12.6 Å². The third-order valence-corrected chi connectivity index (χ3v) is 5.89. The molecule has 1 amide bonds. The van der Waals surface area contributed by atoms with Crippen molar-refractivity contribution in [2.45, 2.75) is 45.8 Å². The van der Waals surface area contributed by atoms with E-state index in [1.165, 1.54) is 24.6 Å². The molecule has 154 valence electrons. The van der Waals surface area contributed by atoms with Crippen LogP contribution in [0.1, 0.15) is 43.9 Å². The SMILES string of the molecule is CC(=O)N[C@@H](C)c1ccc(O[C@@H]2CCN(c3ccnc(N4CCC4)c3C)C2)cc1. The van der Waals surface area contributed by atoms with Crippen LogP contribution in [0.15, 0.2) is 36.5 Å². The first kappa shape index (κ1) is 19.6. The van der Waals surface area contributed by atoms with Gasteiger partial charge in [-0.25, -0.2) is 4.98 Å². The molecule has 2 fully saturated rings. The maximum atomic E-state index is 11.2. The Morgan fingerprint density at radius 1 is 1.17 bits per heavy atom. The molecule has 1 aromatic heterocycles. The number of benzene rings is 1. The van der Waals surface area contributed by atoms with E-state index in [0.717, 1.165) is 49.7 Å². The topological polar surface area (TPSA) is 57.7 Å². The Morgan fingerprint density at radius 2 is 1.93 bits per heavy atom. The molecule has 2 atom stereocenters. The maximum Gasteiger partial charge on any atom is 0.217 e. The van der Waals surface area contributed by atoms with E-state index in [1.54, 1.807) is 0 Å². The number of aromatic nitrogens is 1. The third kappa shape index (κ3) is 4.31. The average molecular weight is 395 g/mol. The molecular formula is C23H30N4O2. The molecule has 6 heteroatoms. The predicted octanol–water partition coefficient (Wildman–Crippen LogP) is 3.45. The number of rotatable bonds is 6. The largest absolute Gasteiger partial charge is 0.489 e. The van der Waals surface area contributed by atoms with Gasteiger partial charge in [0.15, 0.2) is 0 Å². The Kier molecular flexibility index (Phi) is 5.60. The summed E-state index contributed by atoms with van der Waals surface area (Å²) in [6.07, 6.45) is 4.37. The van der Waals surface area contributed by atoms with Crippen molar-refractivity contribution in [3.63, 3.8) is 0 Å². The quantitative estimate of drug-likeness (QED) is 0.813. The summed E-state index contributed by atoms with van der Waals surface area (Å²) in [6, 6.07) is 10.2. The van der Waals surface area contributed by atoms with Crippen LogP contribution in [-0.2, 0) is 4.79 Å². The molecule has 2 saturated heterocycles. The molecule has 0 unspecified atom stereocenters. The van der Waals surface area contributed by atoms with Crippen LogP contribution in [0, 0.1) is 6.92 Å². The van der Waals surface area contributed by atoms with Gasteiger partial charge in [0, 0.05) is 50.4 Å². The van der Waals surface area contributed by atoms with Gasteiger partial charge < -0.3 is 19.9 Å². The highest BCUT2D eigenvalue weighted by Gasteiger charge is 2.27. The van der Waals surface area contributed by atoms with E-state index in [4.69, 9.17) is 4.74 Å². The second-order valence-electron chi connectivity index (χ2n) is 8.09. The molecule has 6 nitrogen and oxygen atoms in total. The van der Waals surface area contributed by atoms with Crippen molar-refractivity contribution in [3.8, 4) is 5.75 Å². The van der Waals surface area contributed by atoms with E-state index in [2.05, 4.69) is 33.1 Å². The normalized spacial score (nSPS) is 19.6. The van der Waals surface area contributed by atoms with Crippen LogP contribution in [0.3, 0.4) is 0 Å². The lowest BCUT2D eigenvalue weighted by Gasteiger charge is -2.34. The van der Waals surface area contributed by atoms with E-state index in [9.17, 15) is 4.79 Å². The van der Waals surface area contributed by atoms with Crippen molar-refractivity contribution in [2.24, 2.45) is 0 Å². The van der Waals surface area contributed by atoms with Gasteiger partial charge in [0.1, 0.15) is 17.7 Å². The van der Waals surface area contributed by atoms with Crippen molar-refractivity contribution >= 4 is 17.4 Å². The molecule has 2 aliphatic heterocycles. The minimum Gasteiger partial charge on any atom is -0.489 e. The van der Waals surface area contributed by atoms with Gasteiger partial charge in [0.2, 0.25) is 5.91 Å². The molecule has 0 spiro atoms. The lowest BCUT2D eigenvalue weighted by Crippen LogP contribution is -2.38. The standard InChI is InChI=1S/C23H30N4O2/c1-16-22(9-11-24-23(16)26-12-4-13-26)27-14-10-21(15-27)29-20-7-5-19(6-8-20)17(2)25-18(3)28/h5-9,11,17,21H,4,10,12-15H2,1-3H3,(H,25,28)/t17-,21+/m0/s1. The molecule has 4 rings (SSSR count). The van der Waals surface area contributed by atoms with Crippen LogP contribution in [0.5, 0.6) is 5.75 Å². The van der Waals surface area contributed by atoms with E-state index in [1.807, 2.05) is 37.4 Å². The maximum absolute atomic E-state index is 11.2. The number of hydrogen-bond acceptors (Lipinski definition) is 5. The minimum absolute atomic E-state index is 0.00112. The second-order valence-corrected chi connectivity index (χ2v) is 8.09.